The molecule has 1 heterocycles. The largest absolute Gasteiger partial charge is 0.487 e. The standard InChI is InChI=1S/C14H18N2O3/c1-10(15)11-3-5-13(6-4-11)18-8-12-7-14(9-17-2)19-16-12/h3-7,10H,8-9,15H2,1-2H3/t10-/m1/s1. The third-order valence-electron chi connectivity index (χ3n) is 2.69. The molecule has 0 saturated carbocycles. The van der Waals surface area contributed by atoms with Crippen molar-refractivity contribution in [2.24, 2.45) is 5.73 Å². The molecule has 5 nitrogen and oxygen atoms in total. The number of aromatic nitrogens is 1. The Bertz CT molecular complexity index is 506. The van der Waals surface area contributed by atoms with E-state index in [1.165, 1.54) is 0 Å². The lowest BCUT2D eigenvalue weighted by atomic mass is 10.1. The summed E-state index contributed by atoms with van der Waals surface area (Å²) in [5.74, 6) is 1.47. The van der Waals surface area contributed by atoms with E-state index in [1.807, 2.05) is 37.3 Å². The van der Waals surface area contributed by atoms with E-state index >= 15 is 0 Å². The molecule has 0 aliphatic heterocycles. The maximum absolute atomic E-state index is 5.78. The van der Waals surface area contributed by atoms with E-state index in [1.54, 1.807) is 7.11 Å². The molecule has 2 rings (SSSR count). The predicted molar refractivity (Wildman–Crippen MR) is 70.6 cm³/mol. The van der Waals surface area contributed by atoms with Gasteiger partial charge in [-0.3, -0.25) is 0 Å². The Hall–Kier alpha value is -1.85. The van der Waals surface area contributed by atoms with Gasteiger partial charge in [0.05, 0.1) is 0 Å². The van der Waals surface area contributed by atoms with Gasteiger partial charge in [0.15, 0.2) is 5.76 Å². The molecule has 0 aliphatic rings. The summed E-state index contributed by atoms with van der Waals surface area (Å²) in [4.78, 5) is 0. The van der Waals surface area contributed by atoms with Crippen LogP contribution in [-0.4, -0.2) is 12.3 Å². The first-order valence-corrected chi connectivity index (χ1v) is 6.11. The minimum absolute atomic E-state index is 0.0289. The Labute approximate surface area is 112 Å². The zero-order valence-electron chi connectivity index (χ0n) is 11.1. The van der Waals surface area contributed by atoms with Crippen molar-refractivity contribution in [3.05, 3.63) is 47.3 Å². The first-order valence-electron chi connectivity index (χ1n) is 6.11. The maximum Gasteiger partial charge on any atom is 0.162 e. The van der Waals surface area contributed by atoms with Gasteiger partial charge in [-0.15, -0.1) is 0 Å². The molecule has 2 aromatic rings. The van der Waals surface area contributed by atoms with E-state index in [4.69, 9.17) is 19.7 Å². The van der Waals surface area contributed by atoms with Gasteiger partial charge in [-0.25, -0.2) is 0 Å². The second-order valence-corrected chi connectivity index (χ2v) is 4.36. The number of rotatable bonds is 6. The van der Waals surface area contributed by atoms with E-state index in [0.29, 0.717) is 19.0 Å². The number of nitrogens with zero attached hydrogens (tertiary/aromatic N) is 1. The third kappa shape index (κ3) is 3.81. The van der Waals surface area contributed by atoms with E-state index in [-0.39, 0.29) is 6.04 Å². The van der Waals surface area contributed by atoms with Crippen molar-refractivity contribution in [3.63, 3.8) is 0 Å². The quantitative estimate of drug-likeness (QED) is 0.865. The minimum Gasteiger partial charge on any atom is -0.487 e. The van der Waals surface area contributed by atoms with Gasteiger partial charge in [-0.05, 0) is 24.6 Å². The highest BCUT2D eigenvalue weighted by atomic mass is 16.5. The van der Waals surface area contributed by atoms with Crippen LogP contribution in [-0.2, 0) is 18.0 Å². The molecule has 1 aromatic heterocycles. The molecule has 0 fully saturated rings. The fourth-order valence-corrected chi connectivity index (χ4v) is 1.66. The highest BCUT2D eigenvalue weighted by Gasteiger charge is 2.05. The van der Waals surface area contributed by atoms with Crippen molar-refractivity contribution in [1.82, 2.24) is 5.16 Å². The molecule has 19 heavy (non-hydrogen) atoms. The van der Waals surface area contributed by atoms with Gasteiger partial charge in [-0.2, -0.15) is 0 Å². The van der Waals surface area contributed by atoms with Crippen LogP contribution in [0.2, 0.25) is 0 Å². The first-order chi connectivity index (χ1) is 9.19. The van der Waals surface area contributed by atoms with Gasteiger partial charge < -0.3 is 19.7 Å². The molecule has 102 valence electrons. The first kappa shape index (κ1) is 13.6. The van der Waals surface area contributed by atoms with Gasteiger partial charge in [0, 0.05) is 19.2 Å². The number of ether oxygens (including phenoxy) is 2. The number of hydrogen-bond acceptors (Lipinski definition) is 5. The third-order valence-corrected chi connectivity index (χ3v) is 2.69. The van der Waals surface area contributed by atoms with Crippen LogP contribution in [0.1, 0.15) is 30.0 Å². The fourth-order valence-electron chi connectivity index (χ4n) is 1.66. The molecular formula is C14H18N2O3. The summed E-state index contributed by atoms with van der Waals surface area (Å²) in [5.41, 5.74) is 7.60. The van der Waals surface area contributed by atoms with Gasteiger partial charge in [0.1, 0.15) is 24.7 Å². The van der Waals surface area contributed by atoms with Crippen molar-refractivity contribution < 1.29 is 14.0 Å². The van der Waals surface area contributed by atoms with Crippen molar-refractivity contribution >= 4 is 0 Å². The van der Waals surface area contributed by atoms with Crippen LogP contribution in [0.5, 0.6) is 5.75 Å². The van der Waals surface area contributed by atoms with Crippen molar-refractivity contribution in [2.45, 2.75) is 26.2 Å². The number of methoxy groups -OCH3 is 1. The number of benzene rings is 1. The van der Waals surface area contributed by atoms with E-state index in [0.717, 1.165) is 17.0 Å². The summed E-state index contributed by atoms with van der Waals surface area (Å²) in [5, 5.41) is 3.90. The molecule has 0 spiro atoms. The number of hydrogen-bond donors (Lipinski definition) is 1. The Morgan fingerprint density at radius 1 is 1.26 bits per heavy atom. The number of nitrogens with two attached hydrogens (primary N) is 1. The van der Waals surface area contributed by atoms with Gasteiger partial charge in [0.2, 0.25) is 0 Å². The summed E-state index contributed by atoms with van der Waals surface area (Å²) in [7, 11) is 1.61. The van der Waals surface area contributed by atoms with Gasteiger partial charge >= 0.3 is 0 Å². The zero-order chi connectivity index (χ0) is 13.7. The lowest BCUT2D eigenvalue weighted by Crippen LogP contribution is -2.04. The second kappa shape index (κ2) is 6.36. The molecule has 0 amide bonds. The molecule has 0 unspecified atom stereocenters. The fraction of sp³-hybridized carbons (Fsp3) is 0.357. The van der Waals surface area contributed by atoms with Gasteiger partial charge in [0.25, 0.3) is 0 Å². The molecule has 0 saturated heterocycles. The second-order valence-electron chi connectivity index (χ2n) is 4.36. The van der Waals surface area contributed by atoms with Crippen molar-refractivity contribution in [1.29, 1.82) is 0 Å². The van der Waals surface area contributed by atoms with Crippen LogP contribution in [0.4, 0.5) is 0 Å². The average molecular weight is 262 g/mol. The van der Waals surface area contributed by atoms with Crippen molar-refractivity contribution in [2.75, 3.05) is 7.11 Å². The Morgan fingerprint density at radius 3 is 2.63 bits per heavy atom. The Balaban J connectivity index is 1.90. The topological polar surface area (TPSA) is 70.5 Å². The van der Waals surface area contributed by atoms with Crippen molar-refractivity contribution in [3.8, 4) is 5.75 Å². The maximum atomic E-state index is 5.78. The SMILES string of the molecule is COCc1cc(COc2ccc([C@@H](C)N)cc2)no1. The van der Waals surface area contributed by atoms with Crippen LogP contribution in [0.15, 0.2) is 34.9 Å². The van der Waals surface area contributed by atoms with Crippen LogP contribution >= 0.6 is 0 Å². The Morgan fingerprint density at radius 2 is 2.00 bits per heavy atom. The minimum atomic E-state index is 0.0289. The highest BCUT2D eigenvalue weighted by molar-refractivity contribution is 5.28. The summed E-state index contributed by atoms with van der Waals surface area (Å²) in [6.45, 7) is 2.73. The van der Waals surface area contributed by atoms with E-state index in [9.17, 15) is 0 Å². The smallest absolute Gasteiger partial charge is 0.162 e. The van der Waals surface area contributed by atoms with E-state index in [2.05, 4.69) is 5.16 Å². The molecule has 0 radical (unpaired) electrons. The predicted octanol–water partition coefficient (Wildman–Crippen LogP) is 2.42. The van der Waals surface area contributed by atoms with Crippen LogP contribution < -0.4 is 10.5 Å². The lowest BCUT2D eigenvalue weighted by molar-refractivity contribution is 0.155. The molecule has 1 atom stereocenters. The normalized spacial score (nSPS) is 12.4. The molecule has 0 aliphatic carbocycles. The molecule has 1 aromatic carbocycles. The molecule has 0 bridgehead atoms. The highest BCUT2D eigenvalue weighted by Crippen LogP contribution is 2.17. The zero-order valence-corrected chi connectivity index (χ0v) is 11.1. The van der Waals surface area contributed by atoms with Crippen LogP contribution in [0, 0.1) is 0 Å². The monoisotopic (exact) mass is 262 g/mol. The van der Waals surface area contributed by atoms with Gasteiger partial charge in [-0.1, -0.05) is 17.3 Å². The molecule has 5 heteroatoms. The molecular weight excluding hydrogens is 244 g/mol. The summed E-state index contributed by atoms with van der Waals surface area (Å²) in [6.07, 6.45) is 0. The summed E-state index contributed by atoms with van der Waals surface area (Å²) in [6, 6.07) is 9.56. The van der Waals surface area contributed by atoms with Crippen LogP contribution in [0.3, 0.4) is 0 Å². The lowest BCUT2D eigenvalue weighted by Gasteiger charge is -2.07. The van der Waals surface area contributed by atoms with Crippen LogP contribution in [0.25, 0.3) is 0 Å². The average Bonchev–Trinajstić information content (AvgIpc) is 2.85. The Kier molecular flexibility index (Phi) is 4.54. The summed E-state index contributed by atoms with van der Waals surface area (Å²) < 4.78 is 15.6. The molecule has 2 N–H and O–H groups in total. The summed E-state index contributed by atoms with van der Waals surface area (Å²) >= 11 is 0. The van der Waals surface area contributed by atoms with E-state index < -0.39 is 0 Å².